The number of benzene rings is 1. The number of thioether (sulfide) groups is 1. The molecule has 1 aromatic heterocycles. The molecule has 1 unspecified atom stereocenters. The summed E-state index contributed by atoms with van der Waals surface area (Å²) in [4.78, 5) is 5.44. The Morgan fingerprint density at radius 3 is 2.95 bits per heavy atom. The van der Waals surface area contributed by atoms with Crippen molar-refractivity contribution >= 4 is 27.7 Å². The van der Waals surface area contributed by atoms with Gasteiger partial charge in [-0.2, -0.15) is 0 Å². The summed E-state index contributed by atoms with van der Waals surface area (Å²) in [5.41, 5.74) is 0. The molecule has 0 aliphatic carbocycles. The van der Waals surface area contributed by atoms with Gasteiger partial charge in [0.1, 0.15) is 5.82 Å². The average Bonchev–Trinajstić information content (AvgIpc) is 2.85. The first-order valence-electron chi connectivity index (χ1n) is 6.26. The van der Waals surface area contributed by atoms with E-state index in [0.717, 1.165) is 21.7 Å². The number of imidazole rings is 1. The van der Waals surface area contributed by atoms with Crippen LogP contribution in [-0.4, -0.2) is 26.5 Å². The second-order valence-corrected chi connectivity index (χ2v) is 6.15. The number of nitrogens with zero attached hydrogens (tertiary/aromatic N) is 2. The minimum Gasteiger partial charge on any atom is -0.392 e. The number of aliphatic hydroxyl groups is 1. The van der Waals surface area contributed by atoms with Crippen LogP contribution in [0.4, 0.5) is 0 Å². The van der Waals surface area contributed by atoms with Gasteiger partial charge in [0.2, 0.25) is 0 Å². The zero-order valence-corrected chi connectivity index (χ0v) is 13.2. The Labute approximate surface area is 126 Å². The smallest absolute Gasteiger partial charge is 0.111 e. The predicted molar refractivity (Wildman–Crippen MR) is 82.5 cm³/mol. The third kappa shape index (κ3) is 4.09. The maximum atomic E-state index is 10.1. The lowest BCUT2D eigenvalue weighted by atomic mass is 10.3. The van der Waals surface area contributed by atoms with E-state index < -0.39 is 0 Å². The zero-order valence-electron chi connectivity index (χ0n) is 10.8. The van der Waals surface area contributed by atoms with E-state index in [2.05, 4.69) is 38.5 Å². The van der Waals surface area contributed by atoms with E-state index in [1.54, 1.807) is 18.0 Å². The van der Waals surface area contributed by atoms with Crippen LogP contribution in [-0.2, 0) is 13.0 Å². The third-order valence-electron chi connectivity index (χ3n) is 2.83. The van der Waals surface area contributed by atoms with Gasteiger partial charge in [0.05, 0.1) is 6.10 Å². The van der Waals surface area contributed by atoms with Crippen LogP contribution < -0.4 is 0 Å². The molecule has 0 radical (unpaired) electrons. The quantitative estimate of drug-likeness (QED) is 0.819. The molecule has 0 saturated carbocycles. The van der Waals surface area contributed by atoms with E-state index in [-0.39, 0.29) is 6.10 Å². The first kappa shape index (κ1) is 14.6. The minimum atomic E-state index is -0.384. The standard InChI is InChI=1S/C14H17BrN2OS/c1-2-17-8-7-16-14(17)9-11(18)10-19-13-6-4-3-5-12(13)15/h3-8,11,18H,2,9-10H2,1H3. The number of rotatable bonds is 6. The molecule has 0 aliphatic heterocycles. The molecule has 1 heterocycles. The van der Waals surface area contributed by atoms with Crippen LogP contribution in [0.15, 0.2) is 46.0 Å². The van der Waals surface area contributed by atoms with Gasteiger partial charge >= 0.3 is 0 Å². The van der Waals surface area contributed by atoms with Crippen LogP contribution in [0.5, 0.6) is 0 Å². The van der Waals surface area contributed by atoms with Gasteiger partial charge in [0.25, 0.3) is 0 Å². The lowest BCUT2D eigenvalue weighted by Gasteiger charge is -2.11. The van der Waals surface area contributed by atoms with E-state index in [1.807, 2.05) is 24.4 Å². The molecule has 2 rings (SSSR count). The Morgan fingerprint density at radius 1 is 1.42 bits per heavy atom. The first-order chi connectivity index (χ1) is 9.20. The molecule has 19 heavy (non-hydrogen) atoms. The van der Waals surface area contributed by atoms with Gasteiger partial charge in [0, 0.05) is 40.5 Å². The van der Waals surface area contributed by atoms with Crippen molar-refractivity contribution in [3.8, 4) is 0 Å². The number of aliphatic hydroxyl groups excluding tert-OH is 1. The number of aryl methyl sites for hydroxylation is 1. The van der Waals surface area contributed by atoms with Crippen molar-refractivity contribution in [2.45, 2.75) is 30.9 Å². The van der Waals surface area contributed by atoms with Gasteiger partial charge in [-0.05, 0) is 35.0 Å². The Morgan fingerprint density at radius 2 is 2.21 bits per heavy atom. The van der Waals surface area contributed by atoms with Crippen LogP contribution in [0.25, 0.3) is 0 Å². The van der Waals surface area contributed by atoms with Gasteiger partial charge < -0.3 is 9.67 Å². The van der Waals surface area contributed by atoms with Gasteiger partial charge in [0.15, 0.2) is 0 Å². The van der Waals surface area contributed by atoms with Crippen LogP contribution in [0.1, 0.15) is 12.7 Å². The fraction of sp³-hybridized carbons (Fsp3) is 0.357. The highest BCUT2D eigenvalue weighted by Crippen LogP contribution is 2.27. The van der Waals surface area contributed by atoms with E-state index in [9.17, 15) is 5.11 Å². The summed E-state index contributed by atoms with van der Waals surface area (Å²) in [7, 11) is 0. The van der Waals surface area contributed by atoms with E-state index in [4.69, 9.17) is 0 Å². The van der Waals surface area contributed by atoms with Crippen molar-refractivity contribution in [3.63, 3.8) is 0 Å². The molecular formula is C14H17BrN2OS. The molecule has 0 fully saturated rings. The topological polar surface area (TPSA) is 38.0 Å². The first-order valence-corrected chi connectivity index (χ1v) is 8.04. The molecule has 1 aromatic carbocycles. The van der Waals surface area contributed by atoms with E-state index in [1.165, 1.54) is 0 Å². The zero-order chi connectivity index (χ0) is 13.7. The summed E-state index contributed by atoms with van der Waals surface area (Å²) in [6, 6.07) is 8.05. The number of aromatic nitrogens is 2. The Balaban J connectivity index is 1.88. The van der Waals surface area contributed by atoms with Crippen LogP contribution >= 0.6 is 27.7 Å². The van der Waals surface area contributed by atoms with Crippen molar-refractivity contribution in [1.82, 2.24) is 9.55 Å². The predicted octanol–water partition coefficient (Wildman–Crippen LogP) is 3.36. The SMILES string of the molecule is CCn1ccnc1CC(O)CSc1ccccc1Br. The van der Waals surface area contributed by atoms with E-state index >= 15 is 0 Å². The summed E-state index contributed by atoms with van der Waals surface area (Å²) in [5.74, 6) is 1.61. The molecule has 2 aromatic rings. The van der Waals surface area contributed by atoms with Crippen LogP contribution in [0, 0.1) is 0 Å². The lowest BCUT2D eigenvalue weighted by molar-refractivity contribution is 0.196. The van der Waals surface area contributed by atoms with Gasteiger partial charge in [-0.3, -0.25) is 0 Å². The number of hydrogen-bond acceptors (Lipinski definition) is 3. The summed E-state index contributed by atoms with van der Waals surface area (Å²) in [6.07, 6.45) is 3.94. The largest absolute Gasteiger partial charge is 0.392 e. The molecule has 0 bridgehead atoms. The molecule has 102 valence electrons. The van der Waals surface area contributed by atoms with Gasteiger partial charge in [-0.1, -0.05) is 12.1 Å². The second kappa shape index (κ2) is 7.12. The second-order valence-electron chi connectivity index (χ2n) is 4.23. The summed E-state index contributed by atoms with van der Waals surface area (Å²) in [5, 5.41) is 10.1. The fourth-order valence-corrected chi connectivity index (χ4v) is 3.33. The summed E-state index contributed by atoms with van der Waals surface area (Å²) >= 11 is 5.17. The van der Waals surface area contributed by atoms with Crippen LogP contribution in [0.3, 0.4) is 0 Å². The Hall–Kier alpha value is -0.780. The van der Waals surface area contributed by atoms with Crippen LogP contribution in [0.2, 0.25) is 0 Å². The molecule has 0 aliphatic rings. The molecular weight excluding hydrogens is 324 g/mol. The van der Waals surface area contributed by atoms with Gasteiger partial charge in [-0.25, -0.2) is 4.98 Å². The van der Waals surface area contributed by atoms with Gasteiger partial charge in [-0.15, -0.1) is 11.8 Å². The van der Waals surface area contributed by atoms with Crippen molar-refractivity contribution in [2.75, 3.05) is 5.75 Å². The minimum absolute atomic E-state index is 0.384. The maximum Gasteiger partial charge on any atom is 0.111 e. The summed E-state index contributed by atoms with van der Waals surface area (Å²) < 4.78 is 3.13. The Bertz CT molecular complexity index is 530. The molecule has 3 nitrogen and oxygen atoms in total. The molecule has 5 heteroatoms. The fourth-order valence-electron chi connectivity index (χ4n) is 1.84. The third-order valence-corrected chi connectivity index (χ3v) is 5.00. The van der Waals surface area contributed by atoms with E-state index in [0.29, 0.717) is 12.2 Å². The number of hydrogen-bond donors (Lipinski definition) is 1. The van der Waals surface area contributed by atoms with Crippen molar-refractivity contribution in [2.24, 2.45) is 0 Å². The Kier molecular flexibility index (Phi) is 5.48. The molecule has 0 spiro atoms. The van der Waals surface area contributed by atoms with Crippen molar-refractivity contribution < 1.29 is 5.11 Å². The normalized spacial score (nSPS) is 12.6. The highest BCUT2D eigenvalue weighted by atomic mass is 79.9. The maximum absolute atomic E-state index is 10.1. The summed E-state index contributed by atoms with van der Waals surface area (Å²) in [6.45, 7) is 2.97. The highest BCUT2D eigenvalue weighted by molar-refractivity contribution is 9.10. The lowest BCUT2D eigenvalue weighted by Crippen LogP contribution is -2.17. The highest BCUT2D eigenvalue weighted by Gasteiger charge is 2.11. The van der Waals surface area contributed by atoms with Crippen molar-refractivity contribution in [3.05, 3.63) is 47.0 Å². The molecule has 1 N–H and O–H groups in total. The molecule has 0 amide bonds. The molecule has 0 saturated heterocycles. The van der Waals surface area contributed by atoms with Crippen molar-refractivity contribution in [1.29, 1.82) is 0 Å². The molecule has 1 atom stereocenters. The number of halogens is 1. The monoisotopic (exact) mass is 340 g/mol. The average molecular weight is 341 g/mol.